The van der Waals surface area contributed by atoms with Crippen LogP contribution in [0.25, 0.3) is 0 Å². The second-order valence-electron chi connectivity index (χ2n) is 4.34. The Hall–Kier alpha value is -2.49. The topological polar surface area (TPSA) is 60.8 Å². The summed E-state index contributed by atoms with van der Waals surface area (Å²) in [7, 11) is 1.85. The number of rotatable bonds is 4. The van der Waals surface area contributed by atoms with E-state index in [0.717, 1.165) is 11.3 Å². The van der Waals surface area contributed by atoms with Crippen molar-refractivity contribution >= 4 is 11.7 Å². The van der Waals surface area contributed by atoms with Gasteiger partial charge in [-0.25, -0.2) is 4.79 Å². The van der Waals surface area contributed by atoms with Crippen LogP contribution < -0.4 is 4.90 Å². The first-order chi connectivity index (χ1) is 9.08. The van der Waals surface area contributed by atoms with Gasteiger partial charge in [0.25, 0.3) is 0 Å². The molecule has 0 aromatic heterocycles. The lowest BCUT2D eigenvalue weighted by molar-refractivity contribution is 0.0695. The van der Waals surface area contributed by atoms with Gasteiger partial charge in [0.05, 0.1) is 5.56 Å². The minimum Gasteiger partial charge on any atom is -0.508 e. The third-order valence-electron chi connectivity index (χ3n) is 2.93. The Morgan fingerprint density at radius 3 is 2.58 bits per heavy atom. The fraction of sp³-hybridized carbons (Fsp3) is 0.133. The van der Waals surface area contributed by atoms with E-state index in [4.69, 9.17) is 5.11 Å². The highest BCUT2D eigenvalue weighted by Crippen LogP contribution is 2.21. The number of anilines is 1. The van der Waals surface area contributed by atoms with Crippen LogP contribution in [0.3, 0.4) is 0 Å². The van der Waals surface area contributed by atoms with Gasteiger partial charge in [-0.15, -0.1) is 0 Å². The maximum Gasteiger partial charge on any atom is 0.336 e. The van der Waals surface area contributed by atoms with Crippen LogP contribution in [0, 0.1) is 0 Å². The Morgan fingerprint density at radius 2 is 1.89 bits per heavy atom. The summed E-state index contributed by atoms with van der Waals surface area (Å²) >= 11 is 0. The molecule has 0 aliphatic heterocycles. The van der Waals surface area contributed by atoms with Gasteiger partial charge in [0, 0.05) is 25.3 Å². The van der Waals surface area contributed by atoms with Crippen LogP contribution in [-0.4, -0.2) is 23.2 Å². The minimum atomic E-state index is -0.931. The normalized spacial score (nSPS) is 10.2. The minimum absolute atomic E-state index is 0.191. The number of nitrogens with zero attached hydrogens (tertiary/aromatic N) is 1. The van der Waals surface area contributed by atoms with Crippen molar-refractivity contribution in [2.75, 3.05) is 11.9 Å². The van der Waals surface area contributed by atoms with Gasteiger partial charge >= 0.3 is 5.97 Å². The quantitative estimate of drug-likeness (QED) is 0.884. The average molecular weight is 257 g/mol. The SMILES string of the molecule is CN(Cc1ccccc1C(=O)O)c1cccc(O)c1. The fourth-order valence-corrected chi connectivity index (χ4v) is 1.94. The molecule has 98 valence electrons. The molecule has 0 saturated carbocycles. The Bertz CT molecular complexity index is 595. The van der Waals surface area contributed by atoms with Crippen LogP contribution in [0.15, 0.2) is 48.5 Å². The summed E-state index contributed by atoms with van der Waals surface area (Å²) in [5.74, 6) is -0.740. The zero-order chi connectivity index (χ0) is 13.8. The van der Waals surface area contributed by atoms with E-state index >= 15 is 0 Å². The van der Waals surface area contributed by atoms with Crippen molar-refractivity contribution in [3.63, 3.8) is 0 Å². The Balaban J connectivity index is 2.24. The number of phenols is 1. The number of carboxylic acids is 1. The first-order valence-corrected chi connectivity index (χ1v) is 5.89. The van der Waals surface area contributed by atoms with E-state index in [9.17, 15) is 9.90 Å². The summed E-state index contributed by atoms with van der Waals surface area (Å²) in [6.07, 6.45) is 0. The van der Waals surface area contributed by atoms with Crippen LogP contribution in [0.5, 0.6) is 5.75 Å². The van der Waals surface area contributed by atoms with Gasteiger partial charge in [0.1, 0.15) is 5.75 Å². The molecule has 0 heterocycles. The van der Waals surface area contributed by atoms with E-state index in [-0.39, 0.29) is 5.75 Å². The summed E-state index contributed by atoms with van der Waals surface area (Å²) < 4.78 is 0. The van der Waals surface area contributed by atoms with Crippen molar-refractivity contribution in [3.8, 4) is 5.75 Å². The highest BCUT2D eigenvalue weighted by molar-refractivity contribution is 5.89. The Morgan fingerprint density at radius 1 is 1.16 bits per heavy atom. The molecule has 0 atom stereocenters. The van der Waals surface area contributed by atoms with Gasteiger partial charge in [-0.3, -0.25) is 0 Å². The van der Waals surface area contributed by atoms with Crippen LogP contribution in [0.4, 0.5) is 5.69 Å². The zero-order valence-corrected chi connectivity index (χ0v) is 10.6. The molecule has 2 rings (SSSR count). The number of aromatic hydroxyl groups is 1. The highest BCUT2D eigenvalue weighted by Gasteiger charge is 2.11. The highest BCUT2D eigenvalue weighted by atomic mass is 16.4. The lowest BCUT2D eigenvalue weighted by atomic mass is 10.1. The van der Waals surface area contributed by atoms with E-state index in [2.05, 4.69) is 0 Å². The third-order valence-corrected chi connectivity index (χ3v) is 2.93. The van der Waals surface area contributed by atoms with Gasteiger partial charge in [-0.1, -0.05) is 24.3 Å². The molecule has 0 fully saturated rings. The van der Waals surface area contributed by atoms with Crippen molar-refractivity contribution in [1.82, 2.24) is 0 Å². The predicted molar refractivity (Wildman–Crippen MR) is 73.6 cm³/mol. The first-order valence-electron chi connectivity index (χ1n) is 5.89. The van der Waals surface area contributed by atoms with Crippen molar-refractivity contribution in [2.45, 2.75) is 6.54 Å². The molecule has 2 aromatic rings. The first kappa shape index (κ1) is 13.0. The third kappa shape index (κ3) is 3.04. The Labute approximate surface area is 111 Å². The van der Waals surface area contributed by atoms with Crippen molar-refractivity contribution < 1.29 is 15.0 Å². The lowest BCUT2D eigenvalue weighted by Crippen LogP contribution is -2.18. The molecule has 0 aliphatic rings. The van der Waals surface area contributed by atoms with Crippen LogP contribution in [0.1, 0.15) is 15.9 Å². The molecule has 2 N–H and O–H groups in total. The van der Waals surface area contributed by atoms with Gasteiger partial charge in [-0.2, -0.15) is 0 Å². The molecule has 19 heavy (non-hydrogen) atoms. The number of carboxylic acid groups (broad SMARTS) is 1. The van der Waals surface area contributed by atoms with Crippen LogP contribution in [-0.2, 0) is 6.54 Å². The van der Waals surface area contributed by atoms with Gasteiger partial charge < -0.3 is 15.1 Å². The summed E-state index contributed by atoms with van der Waals surface area (Å²) in [5.41, 5.74) is 1.87. The molecule has 0 aliphatic carbocycles. The smallest absolute Gasteiger partial charge is 0.336 e. The molecular weight excluding hydrogens is 242 g/mol. The van der Waals surface area contributed by atoms with E-state index in [1.165, 1.54) is 0 Å². The average Bonchev–Trinajstić information content (AvgIpc) is 2.39. The maximum absolute atomic E-state index is 11.1. The number of aromatic carboxylic acids is 1. The molecule has 0 saturated heterocycles. The number of phenolic OH excluding ortho intramolecular Hbond substituents is 1. The summed E-state index contributed by atoms with van der Waals surface area (Å²) in [4.78, 5) is 13.0. The van der Waals surface area contributed by atoms with E-state index in [1.54, 1.807) is 36.4 Å². The van der Waals surface area contributed by atoms with Crippen molar-refractivity contribution in [2.24, 2.45) is 0 Å². The Kier molecular flexibility index (Phi) is 3.71. The molecule has 0 spiro atoms. The molecule has 0 bridgehead atoms. The zero-order valence-electron chi connectivity index (χ0n) is 10.6. The standard InChI is InChI=1S/C15H15NO3/c1-16(12-6-4-7-13(17)9-12)10-11-5-2-3-8-14(11)15(18)19/h2-9,17H,10H2,1H3,(H,18,19). The van der Waals surface area contributed by atoms with Crippen LogP contribution in [0.2, 0.25) is 0 Å². The molecule has 2 aromatic carbocycles. The van der Waals surface area contributed by atoms with Gasteiger partial charge in [0.15, 0.2) is 0 Å². The predicted octanol–water partition coefficient (Wildman–Crippen LogP) is 2.73. The molecule has 0 radical (unpaired) electrons. The summed E-state index contributed by atoms with van der Waals surface area (Å²) in [5, 5.41) is 18.6. The molecular formula is C15H15NO3. The number of hydrogen-bond acceptors (Lipinski definition) is 3. The molecule has 4 nitrogen and oxygen atoms in total. The van der Waals surface area contributed by atoms with Gasteiger partial charge in [-0.05, 0) is 23.8 Å². The lowest BCUT2D eigenvalue weighted by Gasteiger charge is -2.20. The summed E-state index contributed by atoms with van der Waals surface area (Å²) in [6, 6.07) is 13.8. The number of hydrogen-bond donors (Lipinski definition) is 2. The molecule has 4 heteroatoms. The largest absolute Gasteiger partial charge is 0.508 e. The van der Waals surface area contributed by atoms with Crippen molar-refractivity contribution in [3.05, 3.63) is 59.7 Å². The van der Waals surface area contributed by atoms with Gasteiger partial charge in [0.2, 0.25) is 0 Å². The monoisotopic (exact) mass is 257 g/mol. The van der Waals surface area contributed by atoms with Crippen molar-refractivity contribution in [1.29, 1.82) is 0 Å². The maximum atomic E-state index is 11.1. The number of benzene rings is 2. The van der Waals surface area contributed by atoms with E-state index in [0.29, 0.717) is 12.1 Å². The van der Waals surface area contributed by atoms with E-state index in [1.807, 2.05) is 24.1 Å². The van der Waals surface area contributed by atoms with Crippen LogP contribution >= 0.6 is 0 Å². The second-order valence-corrected chi connectivity index (χ2v) is 4.34. The second kappa shape index (κ2) is 5.44. The molecule has 0 amide bonds. The fourth-order valence-electron chi connectivity index (χ4n) is 1.94. The van der Waals surface area contributed by atoms with E-state index < -0.39 is 5.97 Å². The summed E-state index contributed by atoms with van der Waals surface area (Å²) in [6.45, 7) is 0.464. The number of carbonyl (C=O) groups is 1. The molecule has 0 unspecified atom stereocenters.